The molecule has 1 aliphatic rings. The van der Waals surface area contributed by atoms with E-state index >= 15 is 0 Å². The van der Waals surface area contributed by atoms with Gasteiger partial charge >= 0.3 is 5.97 Å². The van der Waals surface area contributed by atoms with Crippen LogP contribution in [0.15, 0.2) is 24.3 Å². The highest BCUT2D eigenvalue weighted by molar-refractivity contribution is 5.66. The van der Waals surface area contributed by atoms with E-state index in [0.29, 0.717) is 12.3 Å². The van der Waals surface area contributed by atoms with Gasteiger partial charge in [-0.2, -0.15) is 0 Å². The van der Waals surface area contributed by atoms with E-state index in [0.717, 1.165) is 19.3 Å². The standard InChI is InChI=1S/C14H18O2.C5H12/c1-10(7-14(15)16)6-11-8-12-4-2-3-5-13(12)9-11;1-3-5-4-2/h2-5,10-11H,6-9H2,1H3,(H,15,16);3-5H2,1-2H3. The summed E-state index contributed by atoms with van der Waals surface area (Å²) >= 11 is 0. The normalized spacial score (nSPS) is 15.0. The topological polar surface area (TPSA) is 37.3 Å². The third-order valence-electron chi connectivity index (χ3n) is 4.10. The summed E-state index contributed by atoms with van der Waals surface area (Å²) in [7, 11) is 0. The summed E-state index contributed by atoms with van der Waals surface area (Å²) in [4.78, 5) is 10.6. The lowest BCUT2D eigenvalue weighted by Crippen LogP contribution is -2.10. The molecule has 2 heteroatoms. The van der Waals surface area contributed by atoms with Crippen molar-refractivity contribution in [1.82, 2.24) is 0 Å². The van der Waals surface area contributed by atoms with Crippen molar-refractivity contribution in [3.05, 3.63) is 35.4 Å². The van der Waals surface area contributed by atoms with E-state index < -0.39 is 5.97 Å². The maximum absolute atomic E-state index is 10.6. The van der Waals surface area contributed by atoms with Gasteiger partial charge in [0.05, 0.1) is 0 Å². The average molecular weight is 290 g/mol. The molecule has 0 aromatic heterocycles. The van der Waals surface area contributed by atoms with Gasteiger partial charge in [0.2, 0.25) is 0 Å². The summed E-state index contributed by atoms with van der Waals surface area (Å²) in [5.74, 6) is 0.256. The van der Waals surface area contributed by atoms with Gasteiger partial charge in [-0.1, -0.05) is 64.3 Å². The van der Waals surface area contributed by atoms with E-state index in [4.69, 9.17) is 5.11 Å². The van der Waals surface area contributed by atoms with Crippen molar-refractivity contribution in [2.75, 3.05) is 0 Å². The molecule has 0 amide bonds. The van der Waals surface area contributed by atoms with Gasteiger partial charge in [-0.3, -0.25) is 4.79 Å². The Morgan fingerprint density at radius 2 is 1.71 bits per heavy atom. The number of benzene rings is 1. The molecule has 0 aliphatic heterocycles. The summed E-state index contributed by atoms with van der Waals surface area (Å²) in [5.41, 5.74) is 2.91. The molecule has 21 heavy (non-hydrogen) atoms. The van der Waals surface area contributed by atoms with Crippen LogP contribution in [0.1, 0.15) is 64.0 Å². The molecule has 0 saturated heterocycles. The second kappa shape index (κ2) is 9.59. The number of hydrogen-bond donors (Lipinski definition) is 1. The highest BCUT2D eigenvalue weighted by Crippen LogP contribution is 2.31. The molecule has 0 saturated carbocycles. The summed E-state index contributed by atoms with van der Waals surface area (Å²) < 4.78 is 0. The first-order chi connectivity index (χ1) is 10.1. The van der Waals surface area contributed by atoms with Crippen LogP contribution < -0.4 is 0 Å². The zero-order valence-electron chi connectivity index (χ0n) is 13.8. The van der Waals surface area contributed by atoms with E-state index in [1.54, 1.807) is 0 Å². The monoisotopic (exact) mass is 290 g/mol. The van der Waals surface area contributed by atoms with Crippen molar-refractivity contribution >= 4 is 5.97 Å². The van der Waals surface area contributed by atoms with Crippen molar-refractivity contribution in [1.29, 1.82) is 0 Å². The van der Waals surface area contributed by atoms with Crippen molar-refractivity contribution in [2.45, 2.75) is 65.7 Å². The lowest BCUT2D eigenvalue weighted by atomic mass is 9.91. The fourth-order valence-corrected chi connectivity index (χ4v) is 3.12. The van der Waals surface area contributed by atoms with Crippen molar-refractivity contribution in [3.63, 3.8) is 0 Å². The maximum atomic E-state index is 10.6. The molecule has 1 atom stereocenters. The number of fused-ring (bicyclic) bond motifs is 1. The minimum absolute atomic E-state index is 0.289. The van der Waals surface area contributed by atoms with E-state index in [9.17, 15) is 4.79 Å². The Kier molecular flexibility index (Phi) is 8.11. The van der Waals surface area contributed by atoms with Crippen LogP contribution in [-0.4, -0.2) is 11.1 Å². The van der Waals surface area contributed by atoms with Crippen LogP contribution in [0.2, 0.25) is 0 Å². The quantitative estimate of drug-likeness (QED) is 0.791. The Bertz CT molecular complexity index is 398. The van der Waals surface area contributed by atoms with Crippen molar-refractivity contribution < 1.29 is 9.90 Å². The SMILES string of the molecule is CC(CC(=O)O)CC1Cc2ccccc2C1.CCCCC. The molecule has 2 nitrogen and oxygen atoms in total. The molecule has 0 radical (unpaired) electrons. The second-order valence-electron chi connectivity index (χ2n) is 6.34. The predicted octanol–water partition coefficient (Wildman–Crippen LogP) is 5.10. The van der Waals surface area contributed by atoms with Gasteiger partial charge in [0.1, 0.15) is 0 Å². The fourth-order valence-electron chi connectivity index (χ4n) is 3.12. The van der Waals surface area contributed by atoms with Gasteiger partial charge in [-0.05, 0) is 42.2 Å². The zero-order valence-corrected chi connectivity index (χ0v) is 13.8. The third kappa shape index (κ3) is 6.79. The Balaban J connectivity index is 0.000000383. The number of carboxylic acids is 1. The number of rotatable bonds is 6. The van der Waals surface area contributed by atoms with E-state index in [1.165, 1.54) is 30.4 Å². The van der Waals surface area contributed by atoms with Gasteiger partial charge < -0.3 is 5.11 Å². The predicted molar refractivity (Wildman–Crippen MR) is 88.6 cm³/mol. The summed E-state index contributed by atoms with van der Waals surface area (Å²) in [6.07, 6.45) is 7.65. The number of carbonyl (C=O) groups is 1. The van der Waals surface area contributed by atoms with Crippen molar-refractivity contribution in [2.24, 2.45) is 11.8 Å². The summed E-state index contributed by atoms with van der Waals surface area (Å²) in [5, 5.41) is 8.73. The third-order valence-corrected chi connectivity index (χ3v) is 4.10. The first-order valence-electron chi connectivity index (χ1n) is 8.35. The minimum Gasteiger partial charge on any atom is -0.481 e. The van der Waals surface area contributed by atoms with Gasteiger partial charge in [-0.25, -0.2) is 0 Å². The first-order valence-corrected chi connectivity index (χ1v) is 8.35. The molecule has 1 aromatic rings. The van der Waals surface area contributed by atoms with E-state index in [-0.39, 0.29) is 5.92 Å². The Morgan fingerprint density at radius 3 is 2.10 bits per heavy atom. The highest BCUT2D eigenvalue weighted by Gasteiger charge is 2.23. The molecule has 0 spiro atoms. The van der Waals surface area contributed by atoms with Crippen LogP contribution in [0.3, 0.4) is 0 Å². The molecule has 0 fully saturated rings. The molecule has 0 heterocycles. The number of carboxylic acid groups (broad SMARTS) is 1. The molecule has 1 aromatic carbocycles. The Labute approximate surface area is 129 Å². The van der Waals surface area contributed by atoms with Crippen LogP contribution >= 0.6 is 0 Å². The minimum atomic E-state index is -0.678. The first kappa shape index (κ1) is 17.7. The van der Waals surface area contributed by atoms with Crippen LogP contribution in [0.4, 0.5) is 0 Å². The van der Waals surface area contributed by atoms with Crippen LogP contribution in [-0.2, 0) is 17.6 Å². The van der Waals surface area contributed by atoms with Crippen LogP contribution in [0.25, 0.3) is 0 Å². The van der Waals surface area contributed by atoms with Gasteiger partial charge in [0, 0.05) is 6.42 Å². The van der Waals surface area contributed by atoms with Crippen LogP contribution in [0, 0.1) is 11.8 Å². The summed E-state index contributed by atoms with van der Waals surface area (Å²) in [6.45, 7) is 6.46. The van der Waals surface area contributed by atoms with Gasteiger partial charge in [0.15, 0.2) is 0 Å². The summed E-state index contributed by atoms with van der Waals surface area (Å²) in [6, 6.07) is 8.55. The highest BCUT2D eigenvalue weighted by atomic mass is 16.4. The lowest BCUT2D eigenvalue weighted by Gasteiger charge is -2.14. The molecule has 1 unspecified atom stereocenters. The van der Waals surface area contributed by atoms with Gasteiger partial charge in [0.25, 0.3) is 0 Å². The molecule has 118 valence electrons. The number of aliphatic carboxylic acids is 1. The van der Waals surface area contributed by atoms with Crippen LogP contribution in [0.5, 0.6) is 0 Å². The Morgan fingerprint density at radius 1 is 1.19 bits per heavy atom. The second-order valence-corrected chi connectivity index (χ2v) is 6.34. The Hall–Kier alpha value is -1.31. The lowest BCUT2D eigenvalue weighted by molar-refractivity contribution is -0.138. The largest absolute Gasteiger partial charge is 0.481 e. The molecule has 0 bridgehead atoms. The average Bonchev–Trinajstić information content (AvgIpc) is 2.81. The molecule has 2 rings (SSSR count). The van der Waals surface area contributed by atoms with E-state index in [1.807, 2.05) is 6.92 Å². The van der Waals surface area contributed by atoms with Gasteiger partial charge in [-0.15, -0.1) is 0 Å². The van der Waals surface area contributed by atoms with Crippen molar-refractivity contribution in [3.8, 4) is 0 Å². The van der Waals surface area contributed by atoms with E-state index in [2.05, 4.69) is 38.1 Å². The smallest absolute Gasteiger partial charge is 0.303 e. The molecular formula is C19H30O2. The fraction of sp³-hybridized carbons (Fsp3) is 0.632. The molecule has 1 aliphatic carbocycles. The number of hydrogen-bond acceptors (Lipinski definition) is 1. The zero-order chi connectivity index (χ0) is 15.7. The maximum Gasteiger partial charge on any atom is 0.303 e. The molecule has 1 N–H and O–H groups in total. The molecular weight excluding hydrogens is 260 g/mol. The number of unbranched alkanes of at least 4 members (excludes halogenated alkanes) is 2.